The van der Waals surface area contributed by atoms with Crippen LogP contribution in [-0.4, -0.2) is 36.0 Å². The quantitative estimate of drug-likeness (QED) is 0.602. The van der Waals surface area contributed by atoms with Crippen molar-refractivity contribution in [1.82, 2.24) is 10.2 Å². The molecule has 1 unspecified atom stereocenters. The zero-order chi connectivity index (χ0) is 24.2. The number of anilines is 1. The van der Waals surface area contributed by atoms with Crippen LogP contribution in [0.4, 0.5) is 18.9 Å². The summed E-state index contributed by atoms with van der Waals surface area (Å²) in [5.74, 6) is -1.02. The molecule has 2 aromatic rings. The van der Waals surface area contributed by atoms with E-state index < -0.39 is 17.5 Å². The van der Waals surface area contributed by atoms with Crippen molar-refractivity contribution in [3.8, 4) is 0 Å². The second-order valence-electron chi connectivity index (χ2n) is 9.38. The minimum atomic E-state index is -4.65. The third-order valence-electron chi connectivity index (χ3n) is 6.95. The number of nitrogens with one attached hydrogen (secondary N) is 2. The third-order valence-corrected chi connectivity index (χ3v) is 6.95. The first kappa shape index (κ1) is 24.3. The summed E-state index contributed by atoms with van der Waals surface area (Å²) in [7, 11) is 0. The molecule has 2 amide bonds. The first-order chi connectivity index (χ1) is 16.3. The number of hydrogen-bond acceptors (Lipinski definition) is 3. The summed E-state index contributed by atoms with van der Waals surface area (Å²) in [5.41, 5.74) is -0.300. The summed E-state index contributed by atoms with van der Waals surface area (Å²) >= 11 is 0. The van der Waals surface area contributed by atoms with Crippen LogP contribution >= 0.6 is 0 Å². The number of benzene rings is 2. The first-order valence-electron chi connectivity index (χ1n) is 11.8. The molecule has 0 radical (unpaired) electrons. The van der Waals surface area contributed by atoms with Crippen LogP contribution in [-0.2, 0) is 22.7 Å². The van der Waals surface area contributed by atoms with E-state index in [0.29, 0.717) is 17.8 Å². The zero-order valence-corrected chi connectivity index (χ0v) is 19.0. The molecule has 0 bridgehead atoms. The number of likely N-dealkylation sites (tertiary alicyclic amines) is 1. The molecule has 0 spiro atoms. The maximum absolute atomic E-state index is 14.1. The van der Waals surface area contributed by atoms with Gasteiger partial charge in [-0.15, -0.1) is 0 Å². The molecule has 2 aromatic carbocycles. The third kappa shape index (κ3) is 5.43. The molecule has 2 fully saturated rings. The van der Waals surface area contributed by atoms with Gasteiger partial charge in [0.15, 0.2) is 5.41 Å². The Labute approximate surface area is 197 Å². The second kappa shape index (κ2) is 10.2. The molecule has 5 nitrogen and oxygen atoms in total. The Morgan fingerprint density at radius 3 is 2.41 bits per heavy atom. The predicted octanol–water partition coefficient (Wildman–Crippen LogP) is 4.89. The number of hydrogen-bond donors (Lipinski definition) is 2. The predicted molar refractivity (Wildman–Crippen MR) is 124 cm³/mol. The van der Waals surface area contributed by atoms with Crippen LogP contribution in [0.15, 0.2) is 54.6 Å². The van der Waals surface area contributed by atoms with Gasteiger partial charge in [-0.05, 0) is 49.1 Å². The monoisotopic (exact) mass is 473 g/mol. The molecule has 1 aliphatic heterocycles. The van der Waals surface area contributed by atoms with Crippen LogP contribution in [0.5, 0.6) is 0 Å². The van der Waals surface area contributed by atoms with E-state index >= 15 is 0 Å². The van der Waals surface area contributed by atoms with Gasteiger partial charge in [0.2, 0.25) is 11.8 Å². The molecule has 1 aliphatic carbocycles. The van der Waals surface area contributed by atoms with Gasteiger partial charge in [-0.2, -0.15) is 13.2 Å². The van der Waals surface area contributed by atoms with E-state index in [2.05, 4.69) is 10.6 Å². The molecule has 1 heterocycles. The molecule has 1 saturated carbocycles. The normalized spacial score (nSPS) is 21.5. The highest BCUT2D eigenvalue weighted by atomic mass is 19.4. The van der Waals surface area contributed by atoms with E-state index in [4.69, 9.17) is 0 Å². The fraction of sp³-hybridized carbons (Fsp3) is 0.462. The topological polar surface area (TPSA) is 61.4 Å². The Kier molecular flexibility index (Phi) is 7.26. The Bertz CT molecular complexity index is 1010. The summed E-state index contributed by atoms with van der Waals surface area (Å²) in [6.07, 6.45) is -1.07. The second-order valence-corrected chi connectivity index (χ2v) is 9.38. The van der Waals surface area contributed by atoms with Gasteiger partial charge in [0, 0.05) is 31.2 Å². The molecule has 2 N–H and O–H groups in total. The maximum Gasteiger partial charge on any atom is 0.404 e. The molecular weight excluding hydrogens is 443 g/mol. The van der Waals surface area contributed by atoms with Crippen LogP contribution in [0.2, 0.25) is 0 Å². The summed E-state index contributed by atoms with van der Waals surface area (Å²) in [4.78, 5) is 26.9. The van der Waals surface area contributed by atoms with Crippen molar-refractivity contribution >= 4 is 17.5 Å². The number of rotatable bonds is 7. The molecule has 0 aromatic heterocycles. The number of nitrogens with zero attached hydrogens (tertiary/aromatic N) is 1. The van der Waals surface area contributed by atoms with E-state index in [0.717, 1.165) is 31.2 Å². The number of halogens is 3. The SMILES string of the molecule is O=C(Nc1cccc(CNC(=O)C2(C(F)(F)F)CCN(Cc3ccccc3)C2)c1)C1CCCC1. The molecular formula is C26H30F3N3O2. The number of carbonyl (C=O) groups is 2. The van der Waals surface area contributed by atoms with Crippen LogP contribution in [0.3, 0.4) is 0 Å². The minimum absolute atomic E-state index is 0.0104. The Morgan fingerprint density at radius 2 is 1.71 bits per heavy atom. The fourth-order valence-corrected chi connectivity index (χ4v) is 4.95. The van der Waals surface area contributed by atoms with Crippen molar-refractivity contribution in [2.75, 3.05) is 18.4 Å². The summed E-state index contributed by atoms with van der Waals surface area (Å²) in [5, 5.41) is 5.40. The minimum Gasteiger partial charge on any atom is -0.351 e. The summed E-state index contributed by atoms with van der Waals surface area (Å²) in [6, 6.07) is 16.2. The van der Waals surface area contributed by atoms with Crippen LogP contribution in [0, 0.1) is 11.3 Å². The maximum atomic E-state index is 14.1. The van der Waals surface area contributed by atoms with Gasteiger partial charge in [0.05, 0.1) is 0 Å². The van der Waals surface area contributed by atoms with Crippen LogP contribution in [0.1, 0.15) is 43.2 Å². The standard InChI is InChI=1S/C26H30F3N3O2/c27-26(28,29)25(13-14-32(18-25)17-19-7-2-1-3-8-19)24(34)30-16-20-9-6-12-22(15-20)31-23(33)21-10-4-5-11-21/h1-3,6-9,12,15,21H,4-5,10-11,13-14,16-18H2,(H,30,34)(H,31,33). The van der Waals surface area contributed by atoms with Gasteiger partial charge in [0.25, 0.3) is 0 Å². The lowest BCUT2D eigenvalue weighted by molar-refractivity contribution is -0.218. The number of amides is 2. The smallest absolute Gasteiger partial charge is 0.351 e. The molecule has 1 atom stereocenters. The van der Waals surface area contributed by atoms with Gasteiger partial charge in [-0.1, -0.05) is 55.3 Å². The first-order valence-corrected chi connectivity index (χ1v) is 11.8. The highest BCUT2D eigenvalue weighted by Gasteiger charge is 2.62. The zero-order valence-electron chi connectivity index (χ0n) is 19.0. The van der Waals surface area contributed by atoms with Crippen molar-refractivity contribution in [3.05, 3.63) is 65.7 Å². The van der Waals surface area contributed by atoms with Gasteiger partial charge in [0.1, 0.15) is 0 Å². The van der Waals surface area contributed by atoms with Crippen molar-refractivity contribution in [2.24, 2.45) is 11.3 Å². The van der Waals surface area contributed by atoms with Gasteiger partial charge in [-0.3, -0.25) is 14.5 Å². The molecule has 182 valence electrons. The number of carbonyl (C=O) groups excluding carboxylic acids is 2. The van der Waals surface area contributed by atoms with Gasteiger partial charge in [-0.25, -0.2) is 0 Å². The highest BCUT2D eigenvalue weighted by Crippen LogP contribution is 2.46. The lowest BCUT2D eigenvalue weighted by Gasteiger charge is -2.30. The number of alkyl halides is 3. The van der Waals surface area contributed by atoms with Crippen molar-refractivity contribution in [3.63, 3.8) is 0 Å². The Hall–Kier alpha value is -2.87. The van der Waals surface area contributed by atoms with Gasteiger partial charge < -0.3 is 10.6 Å². The molecule has 1 saturated heterocycles. The molecule has 2 aliphatic rings. The van der Waals surface area contributed by atoms with E-state index in [-0.39, 0.29) is 37.9 Å². The molecule has 8 heteroatoms. The van der Waals surface area contributed by atoms with E-state index in [1.807, 2.05) is 30.3 Å². The highest BCUT2D eigenvalue weighted by molar-refractivity contribution is 5.92. The van der Waals surface area contributed by atoms with Crippen LogP contribution < -0.4 is 10.6 Å². The molecule has 34 heavy (non-hydrogen) atoms. The van der Waals surface area contributed by atoms with Crippen molar-refractivity contribution in [2.45, 2.75) is 51.4 Å². The van der Waals surface area contributed by atoms with E-state index in [9.17, 15) is 22.8 Å². The lowest BCUT2D eigenvalue weighted by atomic mass is 9.85. The molecule has 4 rings (SSSR count). The lowest BCUT2D eigenvalue weighted by Crippen LogP contribution is -2.52. The van der Waals surface area contributed by atoms with Crippen molar-refractivity contribution < 1.29 is 22.8 Å². The van der Waals surface area contributed by atoms with E-state index in [1.165, 1.54) is 0 Å². The van der Waals surface area contributed by atoms with Crippen molar-refractivity contribution in [1.29, 1.82) is 0 Å². The van der Waals surface area contributed by atoms with E-state index in [1.54, 1.807) is 29.2 Å². The largest absolute Gasteiger partial charge is 0.404 e. The Balaban J connectivity index is 1.38. The van der Waals surface area contributed by atoms with Crippen LogP contribution in [0.25, 0.3) is 0 Å². The average Bonchev–Trinajstić information content (AvgIpc) is 3.49. The summed E-state index contributed by atoms with van der Waals surface area (Å²) < 4.78 is 42.4. The Morgan fingerprint density at radius 1 is 1.00 bits per heavy atom. The summed E-state index contributed by atoms with van der Waals surface area (Å²) in [6.45, 7) is 0.163. The fourth-order valence-electron chi connectivity index (χ4n) is 4.95. The average molecular weight is 474 g/mol. The van der Waals surface area contributed by atoms with Gasteiger partial charge >= 0.3 is 6.18 Å².